The Morgan fingerprint density at radius 2 is 1.61 bits per heavy atom. The Morgan fingerprint density at radius 1 is 1.13 bits per heavy atom. The van der Waals surface area contributed by atoms with Gasteiger partial charge in [-0.2, -0.15) is 0 Å². The van der Waals surface area contributed by atoms with Gasteiger partial charge >= 0.3 is 5.97 Å². The van der Waals surface area contributed by atoms with E-state index in [0.29, 0.717) is 0 Å². The van der Waals surface area contributed by atoms with Gasteiger partial charge in [0.25, 0.3) is 0 Å². The summed E-state index contributed by atoms with van der Waals surface area (Å²) in [6.45, 7) is 3.23. The van der Waals surface area contributed by atoms with Crippen LogP contribution in [0.4, 0.5) is 27.6 Å². The van der Waals surface area contributed by atoms with Crippen molar-refractivity contribution in [3.63, 3.8) is 0 Å². The van der Waals surface area contributed by atoms with Crippen molar-refractivity contribution in [3.8, 4) is 0 Å². The number of hydrogen-bond donors (Lipinski definition) is 2. The van der Waals surface area contributed by atoms with Crippen LogP contribution in [0.25, 0.3) is 0 Å². The lowest BCUT2D eigenvalue weighted by Gasteiger charge is -2.15. The molecule has 1 aromatic carbocycles. The zero-order chi connectivity index (χ0) is 17.7. The third-order valence-electron chi connectivity index (χ3n) is 2.40. The van der Waals surface area contributed by atoms with Crippen molar-refractivity contribution < 1.29 is 31.5 Å². The monoisotopic (exact) mass is 374 g/mol. The molecule has 23 heavy (non-hydrogen) atoms. The Morgan fingerprint density at radius 3 is 2.09 bits per heavy atom. The van der Waals surface area contributed by atoms with Crippen molar-refractivity contribution in [2.75, 3.05) is 12.0 Å². The number of hydrazine groups is 1. The normalized spacial score (nSPS) is 11.8. The molecule has 0 saturated carbocycles. The minimum Gasteiger partial charge on any atom is -0.465 e. The second-order valence-electron chi connectivity index (χ2n) is 3.99. The average molecular weight is 374 g/mol. The average Bonchev–Trinajstić information content (AvgIpc) is 2.51. The molecule has 1 aromatic rings. The third kappa shape index (κ3) is 4.67. The Labute approximate surface area is 137 Å². The molecule has 0 heterocycles. The largest absolute Gasteiger partial charge is 0.465 e. The Bertz CT molecular complexity index is 601. The van der Waals surface area contributed by atoms with Gasteiger partial charge in [-0.05, 0) is 13.8 Å². The minimum atomic E-state index is -2.27. The van der Waals surface area contributed by atoms with Crippen molar-refractivity contribution in [1.82, 2.24) is 5.43 Å². The molecule has 0 bridgehead atoms. The molecule has 11 heteroatoms. The van der Waals surface area contributed by atoms with E-state index in [0.717, 1.165) is 11.8 Å². The van der Waals surface area contributed by atoms with Crippen molar-refractivity contribution in [3.05, 3.63) is 29.1 Å². The lowest BCUT2D eigenvalue weighted by atomic mass is 10.2. The van der Waals surface area contributed by atoms with Gasteiger partial charge in [0.1, 0.15) is 10.9 Å². The summed E-state index contributed by atoms with van der Waals surface area (Å²) in [5.41, 5.74) is 2.60. The van der Waals surface area contributed by atoms with Crippen LogP contribution in [0.1, 0.15) is 13.8 Å². The second-order valence-corrected chi connectivity index (χ2v) is 6.01. The van der Waals surface area contributed by atoms with E-state index in [1.54, 1.807) is 12.3 Å². The van der Waals surface area contributed by atoms with Gasteiger partial charge in [-0.1, -0.05) is 24.0 Å². The first-order valence-electron chi connectivity index (χ1n) is 6.11. The highest BCUT2D eigenvalue weighted by molar-refractivity contribution is 8.23. The van der Waals surface area contributed by atoms with E-state index in [1.807, 2.05) is 0 Å². The number of hydrogen-bond acceptors (Lipinski definition) is 5. The summed E-state index contributed by atoms with van der Waals surface area (Å²) in [5, 5.41) is -0.729. The summed E-state index contributed by atoms with van der Waals surface area (Å²) in [6, 6.07) is 0. The van der Waals surface area contributed by atoms with Gasteiger partial charge in [-0.3, -0.25) is 15.6 Å². The predicted octanol–water partition coefficient (Wildman–Crippen LogP) is 3.27. The van der Waals surface area contributed by atoms with Crippen LogP contribution in [0, 0.1) is 29.1 Å². The summed E-state index contributed by atoms with van der Waals surface area (Å²) in [5.74, 6) is -11.1. The maximum atomic E-state index is 13.4. The fourth-order valence-corrected chi connectivity index (χ4v) is 2.41. The van der Waals surface area contributed by atoms with Crippen LogP contribution in [0.15, 0.2) is 0 Å². The van der Waals surface area contributed by atoms with Crippen LogP contribution in [0.5, 0.6) is 0 Å². The van der Waals surface area contributed by atoms with E-state index in [-0.39, 0.29) is 10.9 Å². The van der Waals surface area contributed by atoms with E-state index in [4.69, 9.17) is 17.0 Å². The molecule has 0 spiro atoms. The number of anilines is 1. The molecule has 0 aliphatic carbocycles. The van der Waals surface area contributed by atoms with Gasteiger partial charge in [0.2, 0.25) is 5.82 Å². The van der Waals surface area contributed by atoms with Crippen LogP contribution >= 0.6 is 24.0 Å². The van der Waals surface area contributed by atoms with Gasteiger partial charge in [0.15, 0.2) is 27.6 Å². The van der Waals surface area contributed by atoms with Gasteiger partial charge in [-0.15, -0.1) is 0 Å². The van der Waals surface area contributed by atoms with Gasteiger partial charge < -0.3 is 4.74 Å². The zero-order valence-corrected chi connectivity index (χ0v) is 13.4. The first-order valence-corrected chi connectivity index (χ1v) is 7.40. The summed E-state index contributed by atoms with van der Waals surface area (Å²) in [6.07, 6.45) is 0. The number of benzene rings is 1. The molecule has 4 nitrogen and oxygen atoms in total. The summed E-state index contributed by atoms with van der Waals surface area (Å²) in [4.78, 5) is 11.4. The van der Waals surface area contributed by atoms with E-state index in [1.165, 1.54) is 6.92 Å². The minimum absolute atomic E-state index is 0.158. The molecule has 1 rings (SSSR count). The standard InChI is InChI=1S/C12H11F5N2O2S2/c1-3-21-11(20)4(2)23-12(22)19-18-10-8(16)6(14)5(13)7(15)9(10)17/h4,18H,3H2,1-2H3,(H,19,22). The number of carbonyl (C=O) groups is 1. The smallest absolute Gasteiger partial charge is 0.319 e. The maximum Gasteiger partial charge on any atom is 0.319 e. The first kappa shape index (κ1) is 19.4. The van der Waals surface area contributed by atoms with Gasteiger partial charge in [-0.25, -0.2) is 22.0 Å². The predicted molar refractivity (Wildman–Crippen MR) is 79.3 cm³/mol. The van der Waals surface area contributed by atoms with Crippen molar-refractivity contribution in [2.24, 2.45) is 0 Å². The number of thiocarbonyl (C=S) groups is 1. The SMILES string of the molecule is CCOC(=O)C(C)SC(=S)NNc1c(F)c(F)c(F)c(F)c1F. The molecule has 0 fully saturated rings. The molecule has 128 valence electrons. The lowest BCUT2D eigenvalue weighted by molar-refractivity contribution is -0.142. The van der Waals surface area contributed by atoms with E-state index >= 15 is 0 Å². The highest BCUT2D eigenvalue weighted by atomic mass is 32.2. The van der Waals surface area contributed by atoms with E-state index in [9.17, 15) is 26.7 Å². The molecule has 0 aliphatic heterocycles. The van der Waals surface area contributed by atoms with Crippen molar-refractivity contribution >= 4 is 40.0 Å². The molecule has 0 radical (unpaired) electrons. The number of rotatable bonds is 5. The lowest BCUT2D eigenvalue weighted by Crippen LogP contribution is -2.30. The molecular weight excluding hydrogens is 363 g/mol. The van der Waals surface area contributed by atoms with E-state index in [2.05, 4.69) is 5.43 Å². The fraction of sp³-hybridized carbons (Fsp3) is 0.333. The Kier molecular flexibility index (Phi) is 7.01. The van der Waals surface area contributed by atoms with Crippen LogP contribution in [-0.4, -0.2) is 22.1 Å². The fourth-order valence-electron chi connectivity index (χ4n) is 1.33. The molecule has 0 aliphatic rings. The number of halogens is 5. The zero-order valence-electron chi connectivity index (χ0n) is 11.8. The molecule has 0 amide bonds. The number of ether oxygens (including phenoxy) is 1. The van der Waals surface area contributed by atoms with Crippen molar-refractivity contribution in [2.45, 2.75) is 19.1 Å². The quantitative estimate of drug-likeness (QED) is 0.206. The highest BCUT2D eigenvalue weighted by Gasteiger charge is 2.26. The number of esters is 1. The molecule has 2 N–H and O–H groups in total. The Hall–Kier alpha value is -1.62. The summed E-state index contributed by atoms with van der Waals surface area (Å²) in [7, 11) is 0. The molecular formula is C12H11F5N2O2S2. The van der Waals surface area contributed by atoms with Gasteiger partial charge in [0.05, 0.1) is 6.61 Å². The number of carbonyl (C=O) groups excluding carboxylic acids is 1. The topological polar surface area (TPSA) is 50.4 Å². The molecule has 1 unspecified atom stereocenters. The molecule has 0 saturated heterocycles. The number of nitrogens with one attached hydrogen (secondary N) is 2. The second kappa shape index (κ2) is 8.29. The van der Waals surface area contributed by atoms with Crippen LogP contribution in [0.3, 0.4) is 0 Å². The summed E-state index contributed by atoms with van der Waals surface area (Å²) < 4.78 is 70.2. The maximum absolute atomic E-state index is 13.4. The van der Waals surface area contributed by atoms with Crippen molar-refractivity contribution in [1.29, 1.82) is 0 Å². The Balaban J connectivity index is 2.76. The van der Waals surface area contributed by atoms with Crippen LogP contribution < -0.4 is 10.9 Å². The third-order valence-corrected chi connectivity index (χ3v) is 3.65. The first-order chi connectivity index (χ1) is 10.7. The van der Waals surface area contributed by atoms with E-state index < -0.39 is 46.0 Å². The van der Waals surface area contributed by atoms with Crippen LogP contribution in [0.2, 0.25) is 0 Å². The van der Waals surface area contributed by atoms with Crippen LogP contribution in [-0.2, 0) is 9.53 Å². The molecule has 1 atom stereocenters. The highest BCUT2D eigenvalue weighted by Crippen LogP contribution is 2.26. The number of thioether (sulfide) groups is 1. The molecule has 0 aromatic heterocycles. The summed E-state index contributed by atoms with van der Waals surface area (Å²) >= 11 is 5.55. The van der Waals surface area contributed by atoms with Gasteiger partial charge in [0, 0.05) is 0 Å².